The number of alkyl carbamates (subject to hydrolysis) is 1. The van der Waals surface area contributed by atoms with Crippen molar-refractivity contribution in [2.45, 2.75) is 44.6 Å². The number of carboxylic acids is 1. The second kappa shape index (κ2) is 9.02. The number of nitrogens with one attached hydrogen (secondary N) is 1. The molecule has 2 fully saturated rings. The number of nitrogens with zero attached hydrogens (tertiary/aromatic N) is 1. The van der Waals surface area contributed by atoms with Crippen LogP contribution in [0.5, 0.6) is 0 Å². The van der Waals surface area contributed by atoms with E-state index in [1.807, 2.05) is 38.1 Å². The molecule has 2 amide bonds. The Balaban J connectivity index is 1.17. The zero-order valence-electron chi connectivity index (χ0n) is 20.2. The highest BCUT2D eigenvalue weighted by molar-refractivity contribution is 5.80. The first-order valence-electron chi connectivity index (χ1n) is 12.4. The fraction of sp³-hybridized carbons (Fsp3) is 0.464. The largest absolute Gasteiger partial charge is 0.481 e. The number of hydrogen-bond donors (Lipinski definition) is 2. The minimum atomic E-state index is -0.789. The zero-order chi connectivity index (χ0) is 24.7. The lowest BCUT2D eigenvalue weighted by Gasteiger charge is -2.37. The summed E-state index contributed by atoms with van der Waals surface area (Å²) in [5, 5.41) is 12.4. The van der Waals surface area contributed by atoms with Crippen LogP contribution in [-0.4, -0.2) is 53.2 Å². The first-order valence-corrected chi connectivity index (χ1v) is 12.4. The molecule has 2 aromatic rings. The van der Waals surface area contributed by atoms with Gasteiger partial charge in [-0.05, 0) is 60.8 Å². The van der Waals surface area contributed by atoms with E-state index in [9.17, 15) is 19.5 Å². The first-order chi connectivity index (χ1) is 16.7. The maximum atomic E-state index is 13.0. The molecule has 3 aliphatic rings. The van der Waals surface area contributed by atoms with E-state index in [1.165, 1.54) is 11.1 Å². The minimum absolute atomic E-state index is 0.0217. The molecule has 0 aromatic heterocycles. The van der Waals surface area contributed by atoms with Crippen molar-refractivity contribution in [3.05, 3.63) is 59.7 Å². The maximum absolute atomic E-state index is 13.0. The van der Waals surface area contributed by atoms with Crippen molar-refractivity contribution in [3.8, 4) is 11.1 Å². The van der Waals surface area contributed by atoms with Gasteiger partial charge in [0.05, 0.1) is 5.92 Å². The number of carboxylic acid groups (broad SMARTS) is 1. The summed E-state index contributed by atoms with van der Waals surface area (Å²) in [6, 6.07) is 16.4. The quantitative estimate of drug-likeness (QED) is 0.649. The molecule has 7 nitrogen and oxygen atoms in total. The van der Waals surface area contributed by atoms with Crippen LogP contribution in [0.2, 0.25) is 0 Å². The molecule has 1 saturated heterocycles. The highest BCUT2D eigenvalue weighted by Gasteiger charge is 2.47. The number of ether oxygens (including phenoxy) is 1. The zero-order valence-corrected chi connectivity index (χ0v) is 20.2. The van der Waals surface area contributed by atoms with Crippen molar-refractivity contribution in [2.24, 2.45) is 17.8 Å². The van der Waals surface area contributed by atoms with Crippen molar-refractivity contribution in [1.29, 1.82) is 0 Å². The minimum Gasteiger partial charge on any atom is -0.481 e. The Morgan fingerprint density at radius 2 is 1.51 bits per heavy atom. The molecule has 5 rings (SSSR count). The molecule has 2 atom stereocenters. The number of fused-ring (bicyclic) bond motifs is 5. The summed E-state index contributed by atoms with van der Waals surface area (Å²) in [5.41, 5.74) is 3.85. The number of carbonyl (C=O) groups excluding carboxylic acids is 2. The average molecular weight is 477 g/mol. The lowest BCUT2D eigenvalue weighted by molar-refractivity contribution is -0.150. The molecule has 1 aliphatic heterocycles. The Hall–Kier alpha value is -3.35. The smallest absolute Gasteiger partial charge is 0.407 e. The maximum Gasteiger partial charge on any atom is 0.407 e. The van der Waals surface area contributed by atoms with Gasteiger partial charge in [-0.15, -0.1) is 0 Å². The van der Waals surface area contributed by atoms with Crippen LogP contribution in [0.4, 0.5) is 4.79 Å². The van der Waals surface area contributed by atoms with Gasteiger partial charge in [-0.1, -0.05) is 48.5 Å². The molecule has 2 bridgehead atoms. The van der Waals surface area contributed by atoms with Crippen molar-refractivity contribution < 1.29 is 24.2 Å². The van der Waals surface area contributed by atoms with E-state index in [1.54, 1.807) is 4.90 Å². The van der Waals surface area contributed by atoms with Crippen LogP contribution in [0.1, 0.15) is 50.2 Å². The Bertz CT molecular complexity index is 1100. The number of amides is 2. The van der Waals surface area contributed by atoms with Crippen molar-refractivity contribution in [1.82, 2.24) is 10.2 Å². The van der Waals surface area contributed by atoms with Gasteiger partial charge in [0.25, 0.3) is 0 Å². The van der Waals surface area contributed by atoms with Gasteiger partial charge in [0.2, 0.25) is 5.91 Å². The standard InChI is InChI=1S/C28H32N2O5/c1-28(2,13-24(31)30-14-17-11-12-18(15-30)25(17)26(32)33)29-27(34)35-16-23-21-9-5-3-7-19(21)20-8-4-6-10-22(20)23/h3-10,17-18,23,25H,11-16H2,1-2H3,(H,29,34)(H,32,33). The number of aliphatic carboxylic acids is 1. The SMILES string of the molecule is CC(C)(CC(=O)N1CC2CCC(C1)C2C(=O)O)NC(=O)OCC1c2ccccc2-c2ccccc21. The van der Waals surface area contributed by atoms with Gasteiger partial charge in [-0.2, -0.15) is 0 Å². The predicted molar refractivity (Wildman–Crippen MR) is 131 cm³/mol. The summed E-state index contributed by atoms with van der Waals surface area (Å²) in [4.78, 5) is 39.1. The average Bonchev–Trinajstić information content (AvgIpc) is 3.28. The molecule has 2 N–H and O–H groups in total. The normalized spacial score (nSPS) is 22.9. The Kier molecular flexibility index (Phi) is 6.03. The van der Waals surface area contributed by atoms with Crippen LogP contribution in [0, 0.1) is 17.8 Å². The molecule has 1 heterocycles. The first kappa shape index (κ1) is 23.4. The Morgan fingerprint density at radius 1 is 0.971 bits per heavy atom. The van der Waals surface area contributed by atoms with Crippen LogP contribution >= 0.6 is 0 Å². The Labute approximate surface area is 205 Å². The number of rotatable bonds is 6. The van der Waals surface area contributed by atoms with Crippen LogP contribution in [0.25, 0.3) is 11.1 Å². The van der Waals surface area contributed by atoms with E-state index in [0.717, 1.165) is 24.0 Å². The third-order valence-corrected chi connectivity index (χ3v) is 7.85. The molecule has 184 valence electrons. The van der Waals surface area contributed by atoms with Gasteiger partial charge < -0.3 is 20.1 Å². The highest BCUT2D eigenvalue weighted by atomic mass is 16.5. The summed E-state index contributed by atoms with van der Waals surface area (Å²) < 4.78 is 5.65. The van der Waals surface area contributed by atoms with E-state index >= 15 is 0 Å². The number of hydrogen-bond acceptors (Lipinski definition) is 4. The van der Waals surface area contributed by atoms with E-state index in [2.05, 4.69) is 29.6 Å². The molecule has 0 spiro atoms. The Morgan fingerprint density at radius 3 is 2.06 bits per heavy atom. The molecule has 2 aromatic carbocycles. The number of benzene rings is 2. The van der Waals surface area contributed by atoms with Crippen molar-refractivity contribution in [2.75, 3.05) is 19.7 Å². The molecule has 35 heavy (non-hydrogen) atoms. The fourth-order valence-corrected chi connectivity index (χ4v) is 6.27. The van der Waals surface area contributed by atoms with Crippen LogP contribution in [-0.2, 0) is 14.3 Å². The molecule has 7 heteroatoms. The summed E-state index contributed by atoms with van der Waals surface area (Å²) in [6.45, 7) is 4.80. The van der Waals surface area contributed by atoms with Crippen LogP contribution < -0.4 is 5.32 Å². The fourth-order valence-electron chi connectivity index (χ4n) is 6.27. The highest BCUT2D eigenvalue weighted by Crippen LogP contribution is 2.45. The van der Waals surface area contributed by atoms with Gasteiger partial charge in [-0.3, -0.25) is 9.59 Å². The third-order valence-electron chi connectivity index (χ3n) is 7.85. The van der Waals surface area contributed by atoms with E-state index in [0.29, 0.717) is 13.1 Å². The lowest BCUT2D eigenvalue weighted by Crippen LogP contribution is -2.51. The number of carbonyl (C=O) groups is 3. The van der Waals surface area contributed by atoms with Crippen LogP contribution in [0.3, 0.4) is 0 Å². The predicted octanol–water partition coefficient (Wildman–Crippen LogP) is 4.26. The summed E-state index contributed by atoms with van der Waals surface area (Å²) in [5.74, 6) is -1.13. The molecule has 2 unspecified atom stereocenters. The molecular weight excluding hydrogens is 444 g/mol. The van der Waals surface area contributed by atoms with Gasteiger partial charge in [0, 0.05) is 31.0 Å². The van der Waals surface area contributed by atoms with E-state index in [-0.39, 0.29) is 42.6 Å². The van der Waals surface area contributed by atoms with Gasteiger partial charge in [0.15, 0.2) is 0 Å². The molecular formula is C28H32N2O5. The summed E-state index contributed by atoms with van der Waals surface area (Å²) in [7, 11) is 0. The second-order valence-corrected chi connectivity index (χ2v) is 10.8. The van der Waals surface area contributed by atoms with E-state index in [4.69, 9.17) is 4.74 Å². The number of likely N-dealkylation sites (tertiary alicyclic amines) is 1. The topological polar surface area (TPSA) is 95.9 Å². The monoisotopic (exact) mass is 476 g/mol. The summed E-state index contributed by atoms with van der Waals surface area (Å²) >= 11 is 0. The van der Waals surface area contributed by atoms with E-state index < -0.39 is 17.6 Å². The summed E-state index contributed by atoms with van der Waals surface area (Å²) in [6.07, 6.45) is 1.29. The van der Waals surface area contributed by atoms with Crippen LogP contribution in [0.15, 0.2) is 48.5 Å². The van der Waals surface area contributed by atoms with Gasteiger partial charge in [-0.25, -0.2) is 4.79 Å². The van der Waals surface area contributed by atoms with Crippen molar-refractivity contribution in [3.63, 3.8) is 0 Å². The number of piperidine rings is 1. The molecule has 2 aliphatic carbocycles. The lowest BCUT2D eigenvalue weighted by atomic mass is 9.84. The van der Waals surface area contributed by atoms with Crippen molar-refractivity contribution >= 4 is 18.0 Å². The second-order valence-electron chi connectivity index (χ2n) is 10.8. The molecule has 0 radical (unpaired) electrons. The molecule has 1 saturated carbocycles. The third kappa shape index (κ3) is 4.51. The van der Waals surface area contributed by atoms with Gasteiger partial charge in [0.1, 0.15) is 6.61 Å². The van der Waals surface area contributed by atoms with Gasteiger partial charge >= 0.3 is 12.1 Å².